The number of amides is 1. The van der Waals surface area contributed by atoms with Gasteiger partial charge in [-0.1, -0.05) is 23.7 Å². The first kappa shape index (κ1) is 20.2. The Morgan fingerprint density at radius 2 is 1.89 bits per heavy atom. The molecule has 0 bridgehead atoms. The number of anilines is 1. The lowest BCUT2D eigenvalue weighted by Gasteiger charge is -2.34. The van der Waals surface area contributed by atoms with Gasteiger partial charge in [0.05, 0.1) is 5.92 Å². The van der Waals surface area contributed by atoms with Crippen LogP contribution in [0.3, 0.4) is 0 Å². The number of halogens is 1. The molecule has 1 atom stereocenters. The van der Waals surface area contributed by atoms with Gasteiger partial charge in [-0.05, 0) is 37.0 Å². The fraction of sp³-hybridized carbons (Fsp3) is 0.450. The first-order valence-corrected chi connectivity index (χ1v) is 9.79. The minimum absolute atomic E-state index is 0.00694. The van der Waals surface area contributed by atoms with Gasteiger partial charge in [0.25, 0.3) is 5.56 Å². The monoisotopic (exact) mass is 404 g/mol. The third kappa shape index (κ3) is 4.47. The Bertz CT molecular complexity index is 965. The van der Waals surface area contributed by atoms with Crippen LogP contribution < -0.4 is 21.5 Å². The quantitative estimate of drug-likeness (QED) is 0.815. The third-order valence-corrected chi connectivity index (χ3v) is 5.49. The summed E-state index contributed by atoms with van der Waals surface area (Å²) < 4.78 is 2.54. The van der Waals surface area contributed by atoms with E-state index in [1.165, 1.54) is 17.7 Å². The second-order valence-electron chi connectivity index (χ2n) is 7.19. The van der Waals surface area contributed by atoms with Gasteiger partial charge >= 0.3 is 5.69 Å². The number of piperidine rings is 1. The first-order chi connectivity index (χ1) is 13.4. The zero-order valence-corrected chi connectivity index (χ0v) is 16.9. The molecule has 2 aromatic rings. The van der Waals surface area contributed by atoms with Crippen LogP contribution in [0.15, 0.2) is 39.9 Å². The van der Waals surface area contributed by atoms with Crippen molar-refractivity contribution in [2.45, 2.75) is 19.3 Å². The molecule has 0 aliphatic carbocycles. The molecule has 3 rings (SSSR count). The number of rotatable bonds is 5. The van der Waals surface area contributed by atoms with E-state index in [0.29, 0.717) is 23.9 Å². The third-order valence-electron chi connectivity index (χ3n) is 5.24. The summed E-state index contributed by atoms with van der Waals surface area (Å²) in [6.45, 7) is 1.77. The van der Waals surface area contributed by atoms with E-state index in [1.54, 1.807) is 7.05 Å². The zero-order valence-electron chi connectivity index (χ0n) is 16.2. The lowest BCUT2D eigenvalue weighted by Crippen LogP contribution is -2.46. The number of aromatic nitrogens is 2. The minimum atomic E-state index is -0.364. The van der Waals surface area contributed by atoms with Gasteiger partial charge in [0, 0.05) is 44.8 Å². The molecule has 7 nitrogen and oxygen atoms in total. The van der Waals surface area contributed by atoms with E-state index < -0.39 is 0 Å². The molecule has 1 aliphatic rings. The Labute approximate surface area is 168 Å². The molecule has 8 heteroatoms. The molecule has 0 radical (unpaired) electrons. The van der Waals surface area contributed by atoms with E-state index in [4.69, 9.17) is 11.6 Å². The maximum Gasteiger partial charge on any atom is 0.332 e. The number of carbonyl (C=O) groups excluding carboxylic acids is 1. The van der Waals surface area contributed by atoms with Crippen LogP contribution in [0.1, 0.15) is 18.4 Å². The molecule has 1 fully saturated rings. The van der Waals surface area contributed by atoms with E-state index >= 15 is 0 Å². The van der Waals surface area contributed by atoms with Gasteiger partial charge in [-0.15, -0.1) is 0 Å². The van der Waals surface area contributed by atoms with Gasteiger partial charge in [-0.3, -0.25) is 18.7 Å². The summed E-state index contributed by atoms with van der Waals surface area (Å²) in [4.78, 5) is 38.7. The van der Waals surface area contributed by atoms with Crippen molar-refractivity contribution >= 4 is 23.3 Å². The van der Waals surface area contributed by atoms with Crippen LogP contribution in [0.5, 0.6) is 0 Å². The average molecular weight is 405 g/mol. The summed E-state index contributed by atoms with van der Waals surface area (Å²) in [5, 5.41) is 3.70. The fourth-order valence-corrected chi connectivity index (χ4v) is 3.68. The molecule has 1 aromatic heterocycles. The molecule has 1 unspecified atom stereocenters. The Kier molecular flexibility index (Phi) is 6.24. The van der Waals surface area contributed by atoms with Crippen molar-refractivity contribution in [3.63, 3.8) is 0 Å². The highest BCUT2D eigenvalue weighted by molar-refractivity contribution is 6.30. The molecule has 0 saturated carbocycles. The van der Waals surface area contributed by atoms with Gasteiger partial charge in [-0.25, -0.2) is 4.79 Å². The molecule has 28 heavy (non-hydrogen) atoms. The van der Waals surface area contributed by atoms with Gasteiger partial charge in [0.1, 0.15) is 5.82 Å². The zero-order chi connectivity index (χ0) is 20.3. The number of nitrogens with one attached hydrogen (secondary N) is 1. The van der Waals surface area contributed by atoms with Crippen molar-refractivity contribution in [1.82, 2.24) is 14.5 Å². The molecular formula is C20H25ClN4O3. The molecule has 1 amide bonds. The summed E-state index contributed by atoms with van der Waals surface area (Å²) in [7, 11) is 3.11. The van der Waals surface area contributed by atoms with Crippen LogP contribution in [0, 0.1) is 5.92 Å². The highest BCUT2D eigenvalue weighted by Crippen LogP contribution is 2.21. The molecule has 2 heterocycles. The van der Waals surface area contributed by atoms with E-state index in [9.17, 15) is 14.4 Å². The minimum Gasteiger partial charge on any atom is -0.357 e. The van der Waals surface area contributed by atoms with Crippen molar-refractivity contribution < 1.29 is 4.79 Å². The smallest absolute Gasteiger partial charge is 0.332 e. The molecule has 150 valence electrons. The number of benzene rings is 1. The normalized spacial score (nSPS) is 16.8. The summed E-state index contributed by atoms with van der Waals surface area (Å²) in [6, 6.07) is 9.04. The van der Waals surface area contributed by atoms with Crippen LogP contribution in [-0.2, 0) is 25.3 Å². The standard InChI is InChI=1S/C20H25ClN4O3/c1-23-17(12-18(26)24(2)20(23)28)25-11-3-4-15(13-25)19(27)22-10-9-14-5-7-16(21)8-6-14/h5-8,12,15H,3-4,9-11,13H2,1-2H3,(H,22,27). The number of hydrogen-bond donors (Lipinski definition) is 1. The molecule has 0 spiro atoms. The van der Waals surface area contributed by atoms with Crippen LogP contribution >= 0.6 is 11.6 Å². The molecular weight excluding hydrogens is 380 g/mol. The second-order valence-corrected chi connectivity index (χ2v) is 7.63. The number of nitrogens with zero attached hydrogens (tertiary/aromatic N) is 3. The lowest BCUT2D eigenvalue weighted by atomic mass is 9.97. The Morgan fingerprint density at radius 3 is 2.61 bits per heavy atom. The second kappa shape index (κ2) is 8.65. The van der Waals surface area contributed by atoms with E-state index in [2.05, 4.69) is 5.32 Å². The van der Waals surface area contributed by atoms with Crippen molar-refractivity contribution in [2.24, 2.45) is 20.0 Å². The summed E-state index contributed by atoms with van der Waals surface area (Å²) in [6.07, 6.45) is 2.36. The Morgan fingerprint density at radius 1 is 1.18 bits per heavy atom. The van der Waals surface area contributed by atoms with Crippen LogP contribution in [0.2, 0.25) is 5.02 Å². The fourth-order valence-electron chi connectivity index (χ4n) is 3.55. The van der Waals surface area contributed by atoms with E-state index in [1.807, 2.05) is 29.2 Å². The van der Waals surface area contributed by atoms with Crippen LogP contribution in [0.25, 0.3) is 0 Å². The summed E-state index contributed by atoms with van der Waals surface area (Å²) in [5.41, 5.74) is 0.412. The Balaban J connectivity index is 1.61. The number of hydrogen-bond acceptors (Lipinski definition) is 4. The molecule has 1 aromatic carbocycles. The topological polar surface area (TPSA) is 76.3 Å². The predicted molar refractivity (Wildman–Crippen MR) is 110 cm³/mol. The van der Waals surface area contributed by atoms with Crippen LogP contribution in [-0.4, -0.2) is 34.7 Å². The molecule has 1 aliphatic heterocycles. The van der Waals surface area contributed by atoms with E-state index in [0.717, 1.165) is 35.9 Å². The van der Waals surface area contributed by atoms with Gasteiger partial charge in [0.2, 0.25) is 5.91 Å². The van der Waals surface area contributed by atoms with Crippen LogP contribution in [0.4, 0.5) is 5.82 Å². The van der Waals surface area contributed by atoms with Crippen molar-refractivity contribution in [2.75, 3.05) is 24.5 Å². The summed E-state index contributed by atoms with van der Waals surface area (Å²) in [5.74, 6) is 0.400. The SMILES string of the molecule is Cn1c(N2CCCC(C(=O)NCCc3ccc(Cl)cc3)C2)cc(=O)n(C)c1=O. The predicted octanol–water partition coefficient (Wildman–Crippen LogP) is 1.31. The first-order valence-electron chi connectivity index (χ1n) is 9.41. The summed E-state index contributed by atoms with van der Waals surface area (Å²) >= 11 is 5.88. The highest BCUT2D eigenvalue weighted by Gasteiger charge is 2.27. The average Bonchev–Trinajstić information content (AvgIpc) is 2.70. The van der Waals surface area contributed by atoms with Gasteiger partial charge in [0.15, 0.2) is 0 Å². The molecule has 1 saturated heterocycles. The number of carbonyl (C=O) groups is 1. The maximum absolute atomic E-state index is 12.6. The largest absolute Gasteiger partial charge is 0.357 e. The lowest BCUT2D eigenvalue weighted by molar-refractivity contribution is -0.125. The van der Waals surface area contributed by atoms with Gasteiger partial charge in [-0.2, -0.15) is 0 Å². The highest BCUT2D eigenvalue weighted by atomic mass is 35.5. The van der Waals surface area contributed by atoms with Gasteiger partial charge < -0.3 is 10.2 Å². The molecule has 1 N–H and O–H groups in total. The van der Waals surface area contributed by atoms with E-state index in [-0.39, 0.29) is 23.1 Å². The van der Waals surface area contributed by atoms with Crippen molar-refractivity contribution in [3.05, 3.63) is 61.8 Å². The van der Waals surface area contributed by atoms with Crippen molar-refractivity contribution in [1.29, 1.82) is 0 Å². The van der Waals surface area contributed by atoms with Crippen molar-refractivity contribution in [3.8, 4) is 0 Å². The Hall–Kier alpha value is -2.54. The maximum atomic E-state index is 12.6.